The summed E-state index contributed by atoms with van der Waals surface area (Å²) in [7, 11) is 0. The van der Waals surface area contributed by atoms with E-state index < -0.39 is 0 Å². The van der Waals surface area contributed by atoms with Crippen molar-refractivity contribution in [3.63, 3.8) is 0 Å². The van der Waals surface area contributed by atoms with Gasteiger partial charge in [0.25, 0.3) is 0 Å². The van der Waals surface area contributed by atoms with Crippen molar-refractivity contribution < 1.29 is 4.52 Å². The number of fused-ring (bicyclic) bond motifs is 1. The molecule has 3 nitrogen and oxygen atoms in total. The Bertz CT molecular complexity index is 431. The predicted molar refractivity (Wildman–Crippen MR) is 52.5 cm³/mol. The second-order valence-corrected chi connectivity index (χ2v) is 3.44. The Morgan fingerprint density at radius 3 is 2.85 bits per heavy atom. The maximum Gasteiger partial charge on any atom is 0.175 e. The number of nitrogens with zero attached hydrogens (tertiary/aromatic N) is 1. The van der Waals surface area contributed by atoms with Crippen LogP contribution < -0.4 is 5.73 Å². The molecule has 2 aromatic rings. The van der Waals surface area contributed by atoms with Gasteiger partial charge >= 0.3 is 0 Å². The van der Waals surface area contributed by atoms with E-state index in [-0.39, 0.29) is 0 Å². The summed E-state index contributed by atoms with van der Waals surface area (Å²) < 4.78 is 5.06. The number of anilines is 1. The van der Waals surface area contributed by atoms with Gasteiger partial charge in [0.1, 0.15) is 0 Å². The highest BCUT2D eigenvalue weighted by Crippen LogP contribution is 2.29. The molecular formula is C10H12N2O. The first-order valence-electron chi connectivity index (χ1n) is 4.34. The zero-order chi connectivity index (χ0) is 9.42. The topological polar surface area (TPSA) is 52.0 Å². The summed E-state index contributed by atoms with van der Waals surface area (Å²) in [6.07, 6.45) is 0. The summed E-state index contributed by atoms with van der Waals surface area (Å²) in [6.45, 7) is 4.25. The van der Waals surface area contributed by atoms with E-state index in [1.165, 1.54) is 5.56 Å². The molecule has 0 amide bonds. The van der Waals surface area contributed by atoms with Crippen LogP contribution in [0, 0.1) is 0 Å². The van der Waals surface area contributed by atoms with Crippen LogP contribution in [0.4, 0.5) is 5.82 Å². The van der Waals surface area contributed by atoms with Crippen LogP contribution in [0.5, 0.6) is 0 Å². The third-order valence-corrected chi connectivity index (χ3v) is 2.18. The van der Waals surface area contributed by atoms with E-state index in [9.17, 15) is 0 Å². The van der Waals surface area contributed by atoms with Gasteiger partial charge in [0.15, 0.2) is 11.4 Å². The summed E-state index contributed by atoms with van der Waals surface area (Å²) in [6, 6.07) is 5.90. The van der Waals surface area contributed by atoms with E-state index in [0.29, 0.717) is 11.7 Å². The number of benzene rings is 1. The standard InChI is InChI=1S/C10H12N2O/c1-6(2)7-4-3-5-8-9(7)10(11)12-13-8/h3-6H,1-2H3,(H2,11,12). The maximum absolute atomic E-state index is 5.71. The van der Waals surface area contributed by atoms with Crippen molar-refractivity contribution in [1.29, 1.82) is 0 Å². The second kappa shape index (κ2) is 2.76. The van der Waals surface area contributed by atoms with Gasteiger partial charge in [0, 0.05) is 0 Å². The number of rotatable bonds is 1. The molecule has 1 aromatic heterocycles. The molecule has 0 fully saturated rings. The lowest BCUT2D eigenvalue weighted by Gasteiger charge is -2.05. The van der Waals surface area contributed by atoms with E-state index in [4.69, 9.17) is 10.3 Å². The highest BCUT2D eigenvalue weighted by atomic mass is 16.5. The highest BCUT2D eigenvalue weighted by Gasteiger charge is 2.11. The molecule has 0 aliphatic heterocycles. The molecule has 0 unspecified atom stereocenters. The molecule has 68 valence electrons. The van der Waals surface area contributed by atoms with E-state index in [1.807, 2.05) is 12.1 Å². The first-order chi connectivity index (χ1) is 6.20. The minimum Gasteiger partial charge on any atom is -0.380 e. The van der Waals surface area contributed by atoms with Gasteiger partial charge in [0.05, 0.1) is 5.39 Å². The molecule has 1 heterocycles. The van der Waals surface area contributed by atoms with Gasteiger partial charge in [-0.1, -0.05) is 31.1 Å². The molecule has 0 radical (unpaired) electrons. The molecule has 0 saturated carbocycles. The molecule has 0 aliphatic carbocycles. The Morgan fingerprint density at radius 1 is 1.38 bits per heavy atom. The van der Waals surface area contributed by atoms with Crippen molar-refractivity contribution in [3.8, 4) is 0 Å². The second-order valence-electron chi connectivity index (χ2n) is 3.44. The highest BCUT2D eigenvalue weighted by molar-refractivity contribution is 5.90. The zero-order valence-electron chi connectivity index (χ0n) is 7.74. The maximum atomic E-state index is 5.71. The van der Waals surface area contributed by atoms with Crippen molar-refractivity contribution in [2.45, 2.75) is 19.8 Å². The first-order valence-corrected chi connectivity index (χ1v) is 4.34. The van der Waals surface area contributed by atoms with Gasteiger partial charge in [-0.25, -0.2) is 0 Å². The summed E-state index contributed by atoms with van der Waals surface area (Å²) in [5.74, 6) is 0.921. The fourth-order valence-electron chi connectivity index (χ4n) is 1.52. The van der Waals surface area contributed by atoms with Crippen LogP contribution in [0.3, 0.4) is 0 Å². The summed E-state index contributed by atoms with van der Waals surface area (Å²) in [5.41, 5.74) is 7.67. The van der Waals surface area contributed by atoms with Crippen LogP contribution in [0.15, 0.2) is 22.7 Å². The van der Waals surface area contributed by atoms with Gasteiger partial charge in [-0.2, -0.15) is 0 Å². The molecule has 2 rings (SSSR count). The lowest BCUT2D eigenvalue weighted by molar-refractivity contribution is 0.460. The van der Waals surface area contributed by atoms with Crippen LogP contribution >= 0.6 is 0 Å². The van der Waals surface area contributed by atoms with Crippen molar-refractivity contribution in [3.05, 3.63) is 23.8 Å². The SMILES string of the molecule is CC(C)c1cccc2onc(N)c12. The zero-order valence-corrected chi connectivity index (χ0v) is 7.74. The van der Waals surface area contributed by atoms with Crippen molar-refractivity contribution in [2.75, 3.05) is 5.73 Å². The minimum atomic E-state index is 0.436. The number of hydrogen-bond donors (Lipinski definition) is 1. The van der Waals surface area contributed by atoms with Crippen molar-refractivity contribution in [2.24, 2.45) is 0 Å². The lowest BCUT2D eigenvalue weighted by atomic mass is 9.99. The molecule has 0 saturated heterocycles. The molecule has 3 heteroatoms. The fourth-order valence-corrected chi connectivity index (χ4v) is 1.52. The lowest BCUT2D eigenvalue weighted by Crippen LogP contribution is -1.91. The van der Waals surface area contributed by atoms with Gasteiger partial charge in [-0.15, -0.1) is 0 Å². The Labute approximate surface area is 76.5 Å². The van der Waals surface area contributed by atoms with Crippen molar-refractivity contribution in [1.82, 2.24) is 5.16 Å². The van der Waals surface area contributed by atoms with E-state index in [1.54, 1.807) is 0 Å². The number of nitrogens with two attached hydrogens (primary N) is 1. The van der Waals surface area contributed by atoms with Crippen molar-refractivity contribution >= 4 is 16.8 Å². The summed E-state index contributed by atoms with van der Waals surface area (Å²) in [4.78, 5) is 0. The summed E-state index contributed by atoms with van der Waals surface area (Å²) in [5, 5.41) is 4.70. The molecule has 1 aromatic carbocycles. The number of hydrogen-bond acceptors (Lipinski definition) is 3. The average molecular weight is 176 g/mol. The number of aromatic nitrogens is 1. The summed E-state index contributed by atoms with van der Waals surface area (Å²) >= 11 is 0. The van der Waals surface area contributed by atoms with E-state index in [0.717, 1.165) is 11.0 Å². The van der Waals surface area contributed by atoms with Gasteiger partial charge < -0.3 is 10.3 Å². The molecule has 0 spiro atoms. The van der Waals surface area contributed by atoms with Gasteiger partial charge in [-0.05, 0) is 17.5 Å². The quantitative estimate of drug-likeness (QED) is 0.726. The van der Waals surface area contributed by atoms with Gasteiger partial charge in [0.2, 0.25) is 0 Å². The Hall–Kier alpha value is -1.51. The predicted octanol–water partition coefficient (Wildman–Crippen LogP) is 2.53. The monoisotopic (exact) mass is 176 g/mol. The smallest absolute Gasteiger partial charge is 0.175 e. The third kappa shape index (κ3) is 1.16. The molecule has 0 aliphatic rings. The molecular weight excluding hydrogens is 164 g/mol. The fraction of sp³-hybridized carbons (Fsp3) is 0.300. The van der Waals surface area contributed by atoms with Crippen LogP contribution in [0.1, 0.15) is 25.3 Å². The van der Waals surface area contributed by atoms with Gasteiger partial charge in [-0.3, -0.25) is 0 Å². The third-order valence-electron chi connectivity index (χ3n) is 2.18. The molecule has 0 atom stereocenters. The average Bonchev–Trinajstić information content (AvgIpc) is 2.48. The Kier molecular flexibility index (Phi) is 1.72. The Morgan fingerprint density at radius 2 is 2.15 bits per heavy atom. The van der Waals surface area contributed by atoms with Crippen LogP contribution in [-0.4, -0.2) is 5.16 Å². The molecule has 13 heavy (non-hydrogen) atoms. The minimum absolute atomic E-state index is 0.436. The van der Waals surface area contributed by atoms with Crippen LogP contribution in [0.2, 0.25) is 0 Å². The number of nitrogen functional groups attached to an aromatic ring is 1. The Balaban J connectivity index is 2.80. The van der Waals surface area contributed by atoms with E-state index >= 15 is 0 Å². The van der Waals surface area contributed by atoms with Crippen LogP contribution in [-0.2, 0) is 0 Å². The molecule has 2 N–H and O–H groups in total. The van der Waals surface area contributed by atoms with E-state index in [2.05, 4.69) is 25.1 Å². The largest absolute Gasteiger partial charge is 0.380 e. The normalized spacial score (nSPS) is 11.3. The molecule has 0 bridgehead atoms. The van der Waals surface area contributed by atoms with Crippen LogP contribution in [0.25, 0.3) is 11.0 Å². The first kappa shape index (κ1) is 8.10.